The zero-order valence-electron chi connectivity index (χ0n) is 26.2. The fourth-order valence-corrected chi connectivity index (χ4v) is 4.75. The molecule has 5 aromatic rings. The van der Waals surface area contributed by atoms with Crippen molar-refractivity contribution in [2.45, 2.75) is 52.6 Å². The Morgan fingerprint density at radius 3 is 2.33 bits per heavy atom. The second-order valence-electron chi connectivity index (χ2n) is 11.4. The standard InChI is InChI=1S/C32H33N7O7/c1-17(2)23(25(41)27-37-38-30(46-27)32(4,5)29-34-20-14-10-11-15-21(20)45-29)35-22(40)16-39-26(19-12-8-7-9-13-19)33-18(3)24(28(39)42)36-31(43)44-6/h7-15,17,23H,16H2,1-6H3,(H,35,40)(H,36,43). The van der Waals surface area contributed by atoms with Gasteiger partial charge >= 0.3 is 6.09 Å². The minimum atomic E-state index is -1.07. The van der Waals surface area contributed by atoms with Gasteiger partial charge in [-0.05, 0) is 38.8 Å². The third-order valence-corrected chi connectivity index (χ3v) is 7.36. The predicted molar refractivity (Wildman–Crippen MR) is 166 cm³/mol. The number of carbonyl (C=O) groups excluding carboxylic acids is 3. The number of nitrogens with one attached hydrogen (secondary N) is 2. The lowest BCUT2D eigenvalue weighted by Crippen LogP contribution is -2.47. The Hall–Kier alpha value is -5.66. The SMILES string of the molecule is COC(=O)Nc1c(C)nc(-c2ccccc2)n(CC(=O)NC(C(=O)c2nnc(C(C)(C)c3nc4ccccc4o3)o2)C(C)C)c1=O. The maximum Gasteiger partial charge on any atom is 0.411 e. The molecule has 3 heterocycles. The molecule has 0 bridgehead atoms. The van der Waals surface area contributed by atoms with Crippen molar-refractivity contribution >= 4 is 34.6 Å². The number of Topliss-reactive ketones (excluding diaryl/α,β-unsaturated/α-hetero) is 1. The van der Waals surface area contributed by atoms with Crippen LogP contribution in [0.3, 0.4) is 0 Å². The number of para-hydroxylation sites is 2. The van der Waals surface area contributed by atoms with Gasteiger partial charge in [-0.2, -0.15) is 0 Å². The molecule has 0 aliphatic heterocycles. The number of amides is 2. The number of hydrogen-bond donors (Lipinski definition) is 2. The summed E-state index contributed by atoms with van der Waals surface area (Å²) in [5.41, 5.74) is 0.263. The Balaban J connectivity index is 1.41. The number of methoxy groups -OCH3 is 1. The number of aryl methyl sites for hydroxylation is 1. The van der Waals surface area contributed by atoms with E-state index in [1.165, 1.54) is 0 Å². The molecule has 14 nitrogen and oxygen atoms in total. The van der Waals surface area contributed by atoms with Crippen molar-refractivity contribution in [3.8, 4) is 11.4 Å². The summed E-state index contributed by atoms with van der Waals surface area (Å²) in [6.45, 7) is 8.10. The summed E-state index contributed by atoms with van der Waals surface area (Å²) in [6.07, 6.45) is -0.867. The fraction of sp³-hybridized carbons (Fsp3) is 0.312. The molecule has 0 aliphatic carbocycles. The molecule has 0 saturated carbocycles. The highest BCUT2D eigenvalue weighted by Crippen LogP contribution is 2.32. The molecule has 0 saturated heterocycles. The van der Waals surface area contributed by atoms with Gasteiger partial charge in [0.15, 0.2) is 5.58 Å². The van der Waals surface area contributed by atoms with Gasteiger partial charge in [0.05, 0.1) is 18.8 Å². The lowest BCUT2D eigenvalue weighted by Gasteiger charge is -2.21. The highest BCUT2D eigenvalue weighted by Gasteiger charge is 2.37. The summed E-state index contributed by atoms with van der Waals surface area (Å²) in [4.78, 5) is 61.6. The number of hydrogen-bond acceptors (Lipinski definition) is 11. The van der Waals surface area contributed by atoms with E-state index >= 15 is 0 Å². The van der Waals surface area contributed by atoms with E-state index in [9.17, 15) is 19.2 Å². The molecule has 14 heteroatoms. The number of oxazole rings is 1. The van der Waals surface area contributed by atoms with Crippen molar-refractivity contribution in [1.29, 1.82) is 0 Å². The zero-order chi connectivity index (χ0) is 33.2. The van der Waals surface area contributed by atoms with Crippen LogP contribution < -0.4 is 16.2 Å². The number of carbonyl (C=O) groups is 3. The van der Waals surface area contributed by atoms with E-state index < -0.39 is 47.3 Å². The number of fused-ring (bicyclic) bond motifs is 1. The van der Waals surface area contributed by atoms with Crippen LogP contribution in [0.5, 0.6) is 0 Å². The Morgan fingerprint density at radius 1 is 0.957 bits per heavy atom. The molecule has 1 unspecified atom stereocenters. The molecule has 2 N–H and O–H groups in total. The molecular weight excluding hydrogens is 594 g/mol. The normalized spacial score (nSPS) is 12.2. The molecule has 3 aromatic heterocycles. The van der Waals surface area contributed by atoms with Crippen LogP contribution in [-0.4, -0.2) is 55.7 Å². The Bertz CT molecular complexity index is 1940. The monoisotopic (exact) mass is 627 g/mol. The van der Waals surface area contributed by atoms with Gasteiger partial charge in [0.2, 0.25) is 23.5 Å². The first kappa shape index (κ1) is 31.8. The maximum absolute atomic E-state index is 13.6. The maximum atomic E-state index is 13.6. The number of ketones is 1. The van der Waals surface area contributed by atoms with Gasteiger partial charge in [0.25, 0.3) is 11.4 Å². The minimum Gasteiger partial charge on any atom is -0.453 e. The van der Waals surface area contributed by atoms with Gasteiger partial charge < -0.3 is 18.9 Å². The summed E-state index contributed by atoms with van der Waals surface area (Å²) in [5.74, 6) is -1.33. The highest BCUT2D eigenvalue weighted by atomic mass is 16.5. The molecule has 46 heavy (non-hydrogen) atoms. The van der Waals surface area contributed by atoms with Gasteiger partial charge in [-0.1, -0.05) is 56.3 Å². The summed E-state index contributed by atoms with van der Waals surface area (Å²) >= 11 is 0. The van der Waals surface area contributed by atoms with Gasteiger partial charge in [0, 0.05) is 5.56 Å². The van der Waals surface area contributed by atoms with E-state index in [0.717, 1.165) is 11.7 Å². The van der Waals surface area contributed by atoms with E-state index in [-0.39, 0.29) is 29.0 Å². The van der Waals surface area contributed by atoms with Crippen molar-refractivity contribution in [1.82, 2.24) is 30.0 Å². The van der Waals surface area contributed by atoms with E-state index in [1.807, 2.05) is 18.2 Å². The van der Waals surface area contributed by atoms with Gasteiger partial charge in [0.1, 0.15) is 29.0 Å². The molecule has 1 atom stereocenters. The van der Waals surface area contributed by atoms with Crippen LogP contribution in [0.2, 0.25) is 0 Å². The van der Waals surface area contributed by atoms with Crippen LogP contribution in [0.25, 0.3) is 22.5 Å². The first-order valence-corrected chi connectivity index (χ1v) is 14.5. The Morgan fingerprint density at radius 2 is 1.65 bits per heavy atom. The van der Waals surface area contributed by atoms with Gasteiger partial charge in [-0.25, -0.2) is 14.8 Å². The van der Waals surface area contributed by atoms with Gasteiger partial charge in [-0.15, -0.1) is 10.2 Å². The molecule has 0 radical (unpaired) electrons. The number of rotatable bonds is 10. The number of benzene rings is 2. The third kappa shape index (κ3) is 6.27. The number of nitrogens with zero attached hydrogens (tertiary/aromatic N) is 5. The second kappa shape index (κ2) is 12.8. The smallest absolute Gasteiger partial charge is 0.411 e. The Labute approximate surface area is 263 Å². The van der Waals surface area contributed by atoms with Crippen molar-refractivity contribution < 1.29 is 28.0 Å². The molecule has 0 fully saturated rings. The summed E-state index contributed by atoms with van der Waals surface area (Å²) < 4.78 is 17.5. The van der Waals surface area contributed by atoms with E-state index in [4.69, 9.17) is 8.83 Å². The minimum absolute atomic E-state index is 0.103. The van der Waals surface area contributed by atoms with Crippen molar-refractivity contribution in [2.24, 2.45) is 5.92 Å². The van der Waals surface area contributed by atoms with Crippen LogP contribution in [0.1, 0.15) is 55.9 Å². The number of ether oxygens (including phenoxy) is 1. The largest absolute Gasteiger partial charge is 0.453 e. The Kier molecular flexibility index (Phi) is 8.80. The summed E-state index contributed by atoms with van der Waals surface area (Å²) in [5, 5.41) is 13.2. The highest BCUT2D eigenvalue weighted by molar-refractivity contribution is 5.98. The van der Waals surface area contributed by atoms with E-state index in [2.05, 4.69) is 35.5 Å². The van der Waals surface area contributed by atoms with E-state index in [0.29, 0.717) is 22.6 Å². The zero-order valence-corrected chi connectivity index (χ0v) is 26.2. The van der Waals surface area contributed by atoms with Crippen molar-refractivity contribution in [3.63, 3.8) is 0 Å². The predicted octanol–water partition coefficient (Wildman–Crippen LogP) is 4.27. The van der Waals surface area contributed by atoms with Crippen LogP contribution in [0, 0.1) is 12.8 Å². The van der Waals surface area contributed by atoms with E-state index in [1.54, 1.807) is 71.0 Å². The lowest BCUT2D eigenvalue weighted by atomic mass is 9.93. The first-order valence-electron chi connectivity index (χ1n) is 14.5. The van der Waals surface area contributed by atoms with Crippen molar-refractivity contribution in [3.05, 3.63) is 88.3 Å². The van der Waals surface area contributed by atoms with Crippen LogP contribution >= 0.6 is 0 Å². The third-order valence-electron chi connectivity index (χ3n) is 7.36. The molecule has 2 amide bonds. The number of aromatic nitrogens is 5. The van der Waals surface area contributed by atoms with Crippen molar-refractivity contribution in [2.75, 3.05) is 12.4 Å². The number of anilines is 1. The quantitative estimate of drug-likeness (QED) is 0.211. The molecule has 0 aliphatic rings. The molecular formula is C32H33N7O7. The average molecular weight is 628 g/mol. The molecule has 238 valence electrons. The first-order chi connectivity index (χ1) is 21.9. The van der Waals surface area contributed by atoms with Crippen LogP contribution in [-0.2, 0) is 21.5 Å². The van der Waals surface area contributed by atoms with Crippen LogP contribution in [0.15, 0.2) is 68.2 Å². The molecule has 5 rings (SSSR count). The topological polar surface area (TPSA) is 184 Å². The van der Waals surface area contributed by atoms with Crippen LogP contribution in [0.4, 0.5) is 10.5 Å². The summed E-state index contributed by atoms with van der Waals surface area (Å²) in [6, 6.07) is 15.0. The molecule has 2 aromatic carbocycles. The lowest BCUT2D eigenvalue weighted by molar-refractivity contribution is -0.122. The second-order valence-corrected chi connectivity index (χ2v) is 11.4. The van der Waals surface area contributed by atoms with Gasteiger partial charge in [-0.3, -0.25) is 24.3 Å². The fourth-order valence-electron chi connectivity index (χ4n) is 4.75. The molecule has 0 spiro atoms. The average Bonchev–Trinajstić information content (AvgIpc) is 3.72. The summed E-state index contributed by atoms with van der Waals surface area (Å²) in [7, 11) is 1.16.